The smallest absolute Gasteiger partial charge is 0.304 e. The molecule has 14 heavy (non-hydrogen) atoms. The summed E-state index contributed by atoms with van der Waals surface area (Å²) in [5.41, 5.74) is 0. The number of rotatable bonds is 6. The van der Waals surface area contributed by atoms with Crippen LogP contribution in [0, 0.1) is 0 Å². The largest absolute Gasteiger partial charge is 0.481 e. The van der Waals surface area contributed by atoms with Gasteiger partial charge in [-0.1, -0.05) is 13.3 Å². The number of hydrogen-bond acceptors (Lipinski definition) is 3. The minimum absolute atomic E-state index is 0. The number of sulfone groups is 1. The number of halogens is 2. The highest BCUT2D eigenvalue weighted by atomic mass is 35.5. The van der Waals surface area contributed by atoms with E-state index >= 15 is 0 Å². The van der Waals surface area contributed by atoms with Crippen molar-refractivity contribution in [2.24, 2.45) is 0 Å². The van der Waals surface area contributed by atoms with Gasteiger partial charge >= 0.3 is 5.97 Å². The van der Waals surface area contributed by atoms with Gasteiger partial charge in [0.05, 0.1) is 17.9 Å². The molecule has 0 saturated heterocycles. The normalized spacial score (nSPS) is 9.79. The fourth-order valence-corrected chi connectivity index (χ4v) is 2.13. The molecule has 0 rings (SSSR count). The second-order valence-corrected chi connectivity index (χ2v) is 4.95. The van der Waals surface area contributed by atoms with Gasteiger partial charge in [-0.25, -0.2) is 8.42 Å². The molecule has 0 fully saturated rings. The number of carbonyl (C=O) groups is 1. The van der Waals surface area contributed by atoms with Crippen LogP contribution in [0.1, 0.15) is 26.2 Å². The molecule has 0 aromatic rings. The number of unbranched alkanes of at least 4 members (excludes halogenated alkanes) is 1. The van der Waals surface area contributed by atoms with Crippen molar-refractivity contribution in [1.82, 2.24) is 0 Å². The first kappa shape index (κ1) is 19.6. The van der Waals surface area contributed by atoms with E-state index in [1.54, 1.807) is 0 Å². The third kappa shape index (κ3) is 12.0. The van der Waals surface area contributed by atoms with Gasteiger partial charge in [0, 0.05) is 0 Å². The maximum absolute atomic E-state index is 11.0. The summed E-state index contributed by atoms with van der Waals surface area (Å²) in [4.78, 5) is 10.1. The second-order valence-electron chi connectivity index (χ2n) is 2.65. The Bertz CT molecular complexity index is 238. The lowest BCUT2D eigenvalue weighted by Gasteiger charge is -1.99. The van der Waals surface area contributed by atoms with Gasteiger partial charge in [0.15, 0.2) is 9.84 Å². The monoisotopic (exact) mass is 266 g/mol. The van der Waals surface area contributed by atoms with Crippen LogP contribution in [-0.2, 0) is 14.6 Å². The van der Waals surface area contributed by atoms with Gasteiger partial charge in [-0.05, 0) is 6.42 Å². The molecule has 0 aromatic heterocycles. The van der Waals surface area contributed by atoms with Crippen molar-refractivity contribution in [3.63, 3.8) is 0 Å². The first-order chi connectivity index (χ1) is 5.48. The Labute approximate surface area is 96.8 Å². The van der Waals surface area contributed by atoms with Gasteiger partial charge < -0.3 is 5.11 Å². The lowest BCUT2D eigenvalue weighted by atomic mass is 10.4. The molecule has 88 valence electrons. The first-order valence-electron chi connectivity index (χ1n) is 3.90. The molecule has 0 spiro atoms. The van der Waals surface area contributed by atoms with Crippen LogP contribution in [0.5, 0.6) is 0 Å². The van der Waals surface area contributed by atoms with Gasteiger partial charge in [0.2, 0.25) is 0 Å². The van der Waals surface area contributed by atoms with Crippen molar-refractivity contribution in [2.75, 3.05) is 11.5 Å². The van der Waals surface area contributed by atoms with E-state index in [2.05, 4.69) is 0 Å². The van der Waals surface area contributed by atoms with Crippen LogP contribution in [0.4, 0.5) is 0 Å². The van der Waals surface area contributed by atoms with Crippen molar-refractivity contribution in [3.8, 4) is 0 Å². The summed E-state index contributed by atoms with van der Waals surface area (Å²) >= 11 is 0. The van der Waals surface area contributed by atoms with Gasteiger partial charge in [-0.15, -0.1) is 24.8 Å². The molecule has 0 atom stereocenters. The Hall–Kier alpha value is -0.000000000000000111. The Morgan fingerprint density at radius 1 is 1.21 bits per heavy atom. The Morgan fingerprint density at radius 3 is 2.07 bits per heavy atom. The summed E-state index contributed by atoms with van der Waals surface area (Å²) in [5, 5.41) is 8.24. The van der Waals surface area contributed by atoms with E-state index in [1.165, 1.54) is 0 Å². The molecule has 0 radical (unpaired) electrons. The summed E-state index contributed by atoms with van der Waals surface area (Å²) in [7, 11) is -3.12. The van der Waals surface area contributed by atoms with Crippen LogP contribution < -0.4 is 0 Å². The molecule has 4 nitrogen and oxygen atoms in total. The Morgan fingerprint density at radius 2 is 1.71 bits per heavy atom. The zero-order valence-corrected chi connectivity index (χ0v) is 10.4. The van der Waals surface area contributed by atoms with Gasteiger partial charge in [0.1, 0.15) is 0 Å². The lowest BCUT2D eigenvalue weighted by Crippen LogP contribution is -2.14. The van der Waals surface area contributed by atoms with Crippen LogP contribution in [0.2, 0.25) is 0 Å². The van der Waals surface area contributed by atoms with E-state index in [1.807, 2.05) is 6.92 Å². The van der Waals surface area contributed by atoms with Crippen molar-refractivity contribution < 1.29 is 18.3 Å². The molecule has 0 unspecified atom stereocenters. The minimum atomic E-state index is -3.12. The SMILES string of the molecule is CCCCS(=O)(=O)CCC(=O)O.Cl.Cl. The summed E-state index contributed by atoms with van der Waals surface area (Å²) in [6.45, 7) is 1.90. The predicted octanol–water partition coefficient (Wildman–Crippen LogP) is 1.52. The summed E-state index contributed by atoms with van der Waals surface area (Å²) in [6.07, 6.45) is 1.14. The highest BCUT2D eigenvalue weighted by Crippen LogP contribution is 1.98. The van der Waals surface area contributed by atoms with Crippen molar-refractivity contribution >= 4 is 40.6 Å². The third-order valence-electron chi connectivity index (χ3n) is 1.44. The predicted molar refractivity (Wildman–Crippen MR) is 60.3 cm³/mol. The highest BCUT2D eigenvalue weighted by molar-refractivity contribution is 7.91. The maximum Gasteiger partial charge on any atom is 0.304 e. The van der Waals surface area contributed by atoms with Crippen LogP contribution >= 0.6 is 24.8 Å². The molecule has 0 bridgehead atoms. The van der Waals surface area contributed by atoms with Gasteiger partial charge in [-0.2, -0.15) is 0 Å². The molecule has 1 N–H and O–H groups in total. The molecule has 0 heterocycles. The topological polar surface area (TPSA) is 71.4 Å². The molecular weight excluding hydrogens is 251 g/mol. The van der Waals surface area contributed by atoms with Crippen molar-refractivity contribution in [1.29, 1.82) is 0 Å². The highest BCUT2D eigenvalue weighted by Gasteiger charge is 2.11. The number of hydrogen-bond donors (Lipinski definition) is 1. The second kappa shape index (κ2) is 9.55. The Kier molecular flexibility index (Phi) is 13.3. The van der Waals surface area contributed by atoms with E-state index < -0.39 is 15.8 Å². The standard InChI is InChI=1S/C7H14O4S.2ClH/c1-2-3-5-12(10,11)6-4-7(8)9;;/h2-6H2,1H3,(H,8,9);2*1H. The van der Waals surface area contributed by atoms with E-state index in [9.17, 15) is 13.2 Å². The Balaban J connectivity index is -0.000000605. The molecule has 7 heteroatoms. The molecule has 0 aliphatic carbocycles. The van der Waals surface area contributed by atoms with E-state index in [0.717, 1.165) is 6.42 Å². The lowest BCUT2D eigenvalue weighted by molar-refractivity contribution is -0.136. The fraction of sp³-hybridized carbons (Fsp3) is 0.857. The molecule has 0 aromatic carbocycles. The fourth-order valence-electron chi connectivity index (χ4n) is 0.709. The van der Waals surface area contributed by atoms with Crippen molar-refractivity contribution in [3.05, 3.63) is 0 Å². The summed E-state index contributed by atoms with van der Waals surface area (Å²) in [6, 6.07) is 0. The van der Waals surface area contributed by atoms with Crippen LogP contribution in [-0.4, -0.2) is 31.0 Å². The number of carboxylic acid groups (broad SMARTS) is 1. The summed E-state index contributed by atoms with van der Waals surface area (Å²) < 4.78 is 22.1. The minimum Gasteiger partial charge on any atom is -0.481 e. The quantitative estimate of drug-likeness (QED) is 0.792. The van der Waals surface area contributed by atoms with E-state index in [4.69, 9.17) is 5.11 Å². The van der Waals surface area contributed by atoms with Gasteiger partial charge in [0.25, 0.3) is 0 Å². The number of carboxylic acids is 1. The van der Waals surface area contributed by atoms with Crippen LogP contribution in [0.3, 0.4) is 0 Å². The maximum atomic E-state index is 11.0. The van der Waals surface area contributed by atoms with Crippen LogP contribution in [0.15, 0.2) is 0 Å². The van der Waals surface area contributed by atoms with E-state index in [0.29, 0.717) is 6.42 Å². The molecule has 0 aliphatic heterocycles. The van der Waals surface area contributed by atoms with E-state index in [-0.39, 0.29) is 42.7 Å². The molecule has 0 saturated carbocycles. The third-order valence-corrected chi connectivity index (χ3v) is 3.17. The van der Waals surface area contributed by atoms with Crippen molar-refractivity contribution in [2.45, 2.75) is 26.2 Å². The first-order valence-corrected chi connectivity index (χ1v) is 5.72. The molecule has 0 aliphatic rings. The number of aliphatic carboxylic acids is 1. The molecular formula is C7H16Cl2O4S. The average Bonchev–Trinajstić information content (AvgIpc) is 1.98. The zero-order valence-electron chi connectivity index (χ0n) is 7.93. The zero-order chi connectivity index (χ0) is 9.61. The van der Waals surface area contributed by atoms with Crippen LogP contribution in [0.25, 0.3) is 0 Å². The molecule has 0 amide bonds. The van der Waals surface area contributed by atoms with Gasteiger partial charge in [-0.3, -0.25) is 4.79 Å². The summed E-state index contributed by atoms with van der Waals surface area (Å²) in [5.74, 6) is -1.19. The average molecular weight is 267 g/mol.